The molecule has 0 aliphatic carbocycles. The highest BCUT2D eigenvalue weighted by Crippen LogP contribution is 2.30. The van der Waals surface area contributed by atoms with Gasteiger partial charge >= 0.3 is 0 Å². The fourth-order valence-electron chi connectivity index (χ4n) is 3.71. The van der Waals surface area contributed by atoms with Crippen molar-refractivity contribution in [1.29, 1.82) is 0 Å². The molecule has 0 radical (unpaired) electrons. The molecule has 0 spiro atoms. The van der Waals surface area contributed by atoms with Gasteiger partial charge in [0, 0.05) is 10.8 Å². The minimum absolute atomic E-state index is 0.0986. The minimum atomic E-state index is -0.363. The van der Waals surface area contributed by atoms with E-state index in [4.69, 9.17) is 16.3 Å². The number of benzene rings is 3. The number of hydrogen-bond acceptors (Lipinski definition) is 5. The van der Waals surface area contributed by atoms with Crippen molar-refractivity contribution >= 4 is 29.3 Å². The number of amides is 1. The van der Waals surface area contributed by atoms with E-state index in [2.05, 4.69) is 27.6 Å². The quantitative estimate of drug-likeness (QED) is 0.284. The Morgan fingerprint density at radius 1 is 1.06 bits per heavy atom. The van der Waals surface area contributed by atoms with E-state index in [1.165, 1.54) is 5.56 Å². The molecule has 0 aliphatic rings. The molecule has 1 heterocycles. The summed E-state index contributed by atoms with van der Waals surface area (Å²) in [6.45, 7) is 3.94. The van der Waals surface area contributed by atoms with Crippen molar-refractivity contribution in [3.05, 3.63) is 100 Å². The molecule has 35 heavy (non-hydrogen) atoms. The molecular weight excluding hydrogens is 480 g/mol. The second-order valence-corrected chi connectivity index (χ2v) is 9.57. The largest absolute Gasteiger partial charge is 0.497 e. The molecule has 0 fully saturated rings. The van der Waals surface area contributed by atoms with E-state index in [1.807, 2.05) is 79.1 Å². The number of rotatable bonds is 9. The number of nitrogens with zero attached hydrogens (tertiary/aromatic N) is 3. The number of aryl methyl sites for hydroxylation is 1. The molecule has 6 nitrogen and oxygen atoms in total. The Labute approximate surface area is 214 Å². The van der Waals surface area contributed by atoms with Gasteiger partial charge in [0.1, 0.15) is 5.75 Å². The molecule has 0 aliphatic heterocycles. The van der Waals surface area contributed by atoms with Gasteiger partial charge in [-0.25, -0.2) is 0 Å². The maximum atomic E-state index is 12.8. The third kappa shape index (κ3) is 6.24. The summed E-state index contributed by atoms with van der Waals surface area (Å²) in [5.74, 6) is 2.05. The van der Waals surface area contributed by atoms with Crippen LogP contribution in [0.15, 0.2) is 78.0 Å². The first-order chi connectivity index (χ1) is 16.9. The number of methoxy groups -OCH3 is 1. The van der Waals surface area contributed by atoms with Crippen molar-refractivity contribution in [2.24, 2.45) is 0 Å². The molecule has 1 atom stereocenters. The smallest absolute Gasteiger partial charge is 0.224 e. The van der Waals surface area contributed by atoms with Gasteiger partial charge in [0.05, 0.1) is 25.3 Å². The number of ether oxygens (including phenoxy) is 1. The summed E-state index contributed by atoms with van der Waals surface area (Å²) in [7, 11) is 1.62. The average Bonchev–Trinajstić information content (AvgIpc) is 3.29. The second kappa shape index (κ2) is 11.4. The summed E-state index contributed by atoms with van der Waals surface area (Å²) < 4.78 is 7.18. The van der Waals surface area contributed by atoms with Gasteiger partial charge in [-0.2, -0.15) is 0 Å². The van der Waals surface area contributed by atoms with Crippen LogP contribution in [0.5, 0.6) is 5.75 Å². The SMILES string of the molecule is COc1ccc(CC(=O)NC(C)c2nnc(SCc3ccccc3)n2-c2cc(Cl)ccc2C)cc1. The molecule has 0 saturated carbocycles. The number of hydrogen-bond donors (Lipinski definition) is 1. The molecule has 0 saturated heterocycles. The summed E-state index contributed by atoms with van der Waals surface area (Å²) in [5.41, 5.74) is 4.03. The first kappa shape index (κ1) is 24.8. The van der Waals surface area contributed by atoms with Crippen molar-refractivity contribution in [2.45, 2.75) is 37.2 Å². The predicted molar refractivity (Wildman–Crippen MR) is 140 cm³/mol. The van der Waals surface area contributed by atoms with Gasteiger partial charge in [0.15, 0.2) is 11.0 Å². The van der Waals surface area contributed by atoms with Gasteiger partial charge in [0.2, 0.25) is 5.91 Å². The predicted octanol–water partition coefficient (Wildman–Crippen LogP) is 5.95. The first-order valence-corrected chi connectivity index (χ1v) is 12.6. The Hall–Kier alpha value is -3.29. The van der Waals surface area contributed by atoms with Gasteiger partial charge in [-0.15, -0.1) is 10.2 Å². The minimum Gasteiger partial charge on any atom is -0.497 e. The van der Waals surface area contributed by atoms with E-state index in [0.717, 1.165) is 33.5 Å². The van der Waals surface area contributed by atoms with Crippen molar-refractivity contribution in [1.82, 2.24) is 20.1 Å². The van der Waals surface area contributed by atoms with E-state index < -0.39 is 0 Å². The molecule has 3 aromatic carbocycles. The summed E-state index contributed by atoms with van der Waals surface area (Å²) in [6.07, 6.45) is 0.258. The van der Waals surface area contributed by atoms with E-state index in [-0.39, 0.29) is 18.4 Å². The molecular formula is C27H27ClN4O2S. The van der Waals surface area contributed by atoms with Crippen molar-refractivity contribution in [2.75, 3.05) is 7.11 Å². The summed E-state index contributed by atoms with van der Waals surface area (Å²) >= 11 is 7.94. The Morgan fingerprint density at radius 2 is 1.80 bits per heavy atom. The van der Waals surface area contributed by atoms with Crippen LogP contribution >= 0.6 is 23.4 Å². The van der Waals surface area contributed by atoms with Gasteiger partial charge in [-0.3, -0.25) is 9.36 Å². The molecule has 8 heteroatoms. The number of thioether (sulfide) groups is 1. The highest BCUT2D eigenvalue weighted by atomic mass is 35.5. The summed E-state index contributed by atoms with van der Waals surface area (Å²) in [6, 6.07) is 23.1. The molecule has 1 aromatic heterocycles. The summed E-state index contributed by atoms with van der Waals surface area (Å²) in [5, 5.41) is 13.4. The van der Waals surface area contributed by atoms with Crippen LogP contribution in [0.2, 0.25) is 5.02 Å². The van der Waals surface area contributed by atoms with Crippen LogP contribution in [-0.2, 0) is 17.0 Å². The number of halogens is 1. The number of nitrogens with one attached hydrogen (secondary N) is 1. The normalized spacial score (nSPS) is 11.8. The lowest BCUT2D eigenvalue weighted by Crippen LogP contribution is -2.30. The lowest BCUT2D eigenvalue weighted by atomic mass is 10.1. The maximum absolute atomic E-state index is 12.8. The van der Waals surface area contributed by atoms with Gasteiger partial charge in [-0.1, -0.05) is 71.9 Å². The lowest BCUT2D eigenvalue weighted by Gasteiger charge is -2.18. The van der Waals surface area contributed by atoms with E-state index >= 15 is 0 Å². The third-order valence-electron chi connectivity index (χ3n) is 5.57. The van der Waals surface area contributed by atoms with Crippen LogP contribution in [0, 0.1) is 6.92 Å². The Kier molecular flexibility index (Phi) is 8.10. The molecule has 1 N–H and O–H groups in total. The van der Waals surface area contributed by atoms with E-state index in [0.29, 0.717) is 10.8 Å². The fourth-order valence-corrected chi connectivity index (χ4v) is 4.79. The lowest BCUT2D eigenvalue weighted by molar-refractivity contribution is -0.121. The van der Waals surface area contributed by atoms with Crippen LogP contribution < -0.4 is 10.1 Å². The van der Waals surface area contributed by atoms with Crippen LogP contribution in [-0.4, -0.2) is 27.8 Å². The zero-order valence-corrected chi connectivity index (χ0v) is 21.4. The standard InChI is InChI=1S/C27H27ClN4O2S/c1-18-9-12-22(28)16-24(18)32-26(30-31-27(32)35-17-21-7-5-4-6-8-21)19(2)29-25(33)15-20-10-13-23(34-3)14-11-20/h4-14,16,19H,15,17H2,1-3H3,(H,29,33). The molecule has 0 bridgehead atoms. The van der Waals surface area contributed by atoms with Gasteiger partial charge in [0.25, 0.3) is 0 Å². The zero-order chi connectivity index (χ0) is 24.8. The van der Waals surface area contributed by atoms with E-state index in [1.54, 1.807) is 18.9 Å². The van der Waals surface area contributed by atoms with Crippen molar-refractivity contribution in [3.63, 3.8) is 0 Å². The molecule has 1 unspecified atom stereocenters. The molecule has 180 valence electrons. The van der Waals surface area contributed by atoms with Crippen LogP contribution in [0.3, 0.4) is 0 Å². The van der Waals surface area contributed by atoms with Crippen molar-refractivity contribution in [3.8, 4) is 11.4 Å². The molecule has 4 rings (SSSR count). The van der Waals surface area contributed by atoms with Crippen molar-refractivity contribution < 1.29 is 9.53 Å². The van der Waals surface area contributed by atoms with Gasteiger partial charge < -0.3 is 10.1 Å². The Morgan fingerprint density at radius 3 is 2.51 bits per heavy atom. The second-order valence-electron chi connectivity index (χ2n) is 8.20. The summed E-state index contributed by atoms with van der Waals surface area (Å²) in [4.78, 5) is 12.8. The number of carbonyl (C=O) groups excluding carboxylic acids is 1. The van der Waals surface area contributed by atoms with Gasteiger partial charge in [-0.05, 0) is 54.8 Å². The fraction of sp³-hybridized carbons (Fsp3) is 0.222. The Bertz CT molecular complexity index is 1290. The molecule has 4 aromatic rings. The highest BCUT2D eigenvalue weighted by Gasteiger charge is 2.22. The van der Waals surface area contributed by atoms with Crippen LogP contribution in [0.25, 0.3) is 5.69 Å². The zero-order valence-electron chi connectivity index (χ0n) is 19.9. The number of aromatic nitrogens is 3. The Balaban J connectivity index is 1.58. The van der Waals surface area contributed by atoms with Crippen LogP contribution in [0.4, 0.5) is 0 Å². The van der Waals surface area contributed by atoms with Crippen LogP contribution in [0.1, 0.15) is 35.5 Å². The average molecular weight is 507 g/mol. The number of carbonyl (C=O) groups is 1. The molecule has 1 amide bonds. The topological polar surface area (TPSA) is 69.0 Å². The maximum Gasteiger partial charge on any atom is 0.224 e. The van der Waals surface area contributed by atoms with E-state index in [9.17, 15) is 4.79 Å². The first-order valence-electron chi connectivity index (χ1n) is 11.3. The third-order valence-corrected chi connectivity index (χ3v) is 6.80. The highest BCUT2D eigenvalue weighted by molar-refractivity contribution is 7.98. The monoisotopic (exact) mass is 506 g/mol.